The molecule has 28 heavy (non-hydrogen) atoms. The first-order valence-electron chi connectivity index (χ1n) is 9.12. The smallest absolute Gasteiger partial charge is 0.272 e. The molecule has 0 aromatic carbocycles. The van der Waals surface area contributed by atoms with Gasteiger partial charge in [0.1, 0.15) is 23.1 Å². The average molecular weight is 379 g/mol. The van der Waals surface area contributed by atoms with Crippen molar-refractivity contribution in [2.75, 3.05) is 36.4 Å². The number of amides is 1. The zero-order chi connectivity index (χ0) is 19.3. The number of rotatable bonds is 5. The lowest BCUT2D eigenvalue weighted by atomic mass is 10.2. The van der Waals surface area contributed by atoms with E-state index in [2.05, 4.69) is 30.2 Å². The summed E-state index contributed by atoms with van der Waals surface area (Å²) in [5.41, 5.74) is 0.388. The molecule has 0 atom stereocenters. The van der Waals surface area contributed by atoms with Gasteiger partial charge in [0, 0.05) is 44.6 Å². The molecule has 9 heteroatoms. The van der Waals surface area contributed by atoms with Gasteiger partial charge in [-0.2, -0.15) is 0 Å². The van der Waals surface area contributed by atoms with Gasteiger partial charge >= 0.3 is 0 Å². The molecule has 1 N–H and O–H groups in total. The highest BCUT2D eigenvalue weighted by atomic mass is 16.3. The van der Waals surface area contributed by atoms with E-state index in [1.54, 1.807) is 42.6 Å². The number of furan rings is 1. The molecule has 3 aromatic heterocycles. The third-order valence-corrected chi connectivity index (χ3v) is 4.48. The Morgan fingerprint density at radius 2 is 1.93 bits per heavy atom. The number of hydrogen-bond acceptors (Lipinski definition) is 8. The first-order chi connectivity index (χ1) is 13.7. The molecule has 0 saturated carbocycles. The summed E-state index contributed by atoms with van der Waals surface area (Å²) in [6.07, 6.45) is 5.07. The molecule has 1 amide bonds. The highest BCUT2D eigenvalue weighted by Crippen LogP contribution is 2.14. The monoisotopic (exact) mass is 379 g/mol. The van der Waals surface area contributed by atoms with Crippen LogP contribution in [0.4, 0.5) is 11.8 Å². The van der Waals surface area contributed by atoms with E-state index in [0.29, 0.717) is 56.0 Å². The average Bonchev–Trinajstić information content (AvgIpc) is 3.26. The van der Waals surface area contributed by atoms with Crippen LogP contribution in [0.1, 0.15) is 22.1 Å². The minimum atomic E-state index is -0.0971. The Morgan fingerprint density at radius 3 is 2.64 bits per heavy atom. The van der Waals surface area contributed by atoms with Gasteiger partial charge in [-0.15, -0.1) is 0 Å². The number of nitrogens with one attached hydrogen (secondary N) is 1. The number of carbonyl (C=O) groups excluding carboxylic acids is 1. The summed E-state index contributed by atoms with van der Waals surface area (Å²) in [6, 6.07) is 7.18. The quantitative estimate of drug-likeness (QED) is 0.716. The predicted octanol–water partition coefficient (Wildman–Crippen LogP) is 1.74. The van der Waals surface area contributed by atoms with Crippen molar-refractivity contribution in [3.8, 4) is 0 Å². The fraction of sp³-hybridized carbons (Fsp3) is 0.316. The normalized spacial score (nSPS) is 14.2. The van der Waals surface area contributed by atoms with Gasteiger partial charge < -0.3 is 19.5 Å². The first kappa shape index (κ1) is 17.9. The lowest BCUT2D eigenvalue weighted by molar-refractivity contribution is 0.0740. The van der Waals surface area contributed by atoms with Crippen LogP contribution in [0.25, 0.3) is 0 Å². The third-order valence-electron chi connectivity index (χ3n) is 4.48. The molecule has 3 aromatic rings. The van der Waals surface area contributed by atoms with E-state index in [9.17, 15) is 4.79 Å². The van der Waals surface area contributed by atoms with Gasteiger partial charge in [-0.1, -0.05) is 0 Å². The lowest BCUT2D eigenvalue weighted by Gasteiger charge is -2.34. The second-order valence-electron chi connectivity index (χ2n) is 6.45. The number of aryl methyl sites for hydroxylation is 1. The van der Waals surface area contributed by atoms with Crippen LogP contribution in [0, 0.1) is 6.92 Å². The van der Waals surface area contributed by atoms with Gasteiger partial charge in [-0.3, -0.25) is 4.79 Å². The molecule has 9 nitrogen and oxygen atoms in total. The molecule has 0 bridgehead atoms. The number of nitrogens with zero attached hydrogens (tertiary/aromatic N) is 6. The Labute approximate surface area is 162 Å². The Bertz CT molecular complexity index is 923. The van der Waals surface area contributed by atoms with E-state index in [4.69, 9.17) is 4.42 Å². The van der Waals surface area contributed by atoms with Gasteiger partial charge in [0.05, 0.1) is 12.8 Å². The van der Waals surface area contributed by atoms with E-state index in [-0.39, 0.29) is 5.91 Å². The maximum atomic E-state index is 12.9. The van der Waals surface area contributed by atoms with E-state index >= 15 is 0 Å². The Morgan fingerprint density at radius 1 is 1.14 bits per heavy atom. The minimum Gasteiger partial charge on any atom is -0.467 e. The van der Waals surface area contributed by atoms with E-state index in [0.717, 1.165) is 5.76 Å². The molecule has 0 aliphatic carbocycles. The number of piperazine rings is 1. The fourth-order valence-electron chi connectivity index (χ4n) is 3.08. The fourth-order valence-corrected chi connectivity index (χ4v) is 3.08. The molecule has 4 rings (SSSR count). The summed E-state index contributed by atoms with van der Waals surface area (Å²) < 4.78 is 5.31. The Balaban J connectivity index is 1.40. The molecule has 0 radical (unpaired) electrons. The second-order valence-corrected chi connectivity index (χ2v) is 6.45. The van der Waals surface area contributed by atoms with Crippen molar-refractivity contribution in [2.45, 2.75) is 13.5 Å². The third kappa shape index (κ3) is 4.08. The number of carbonyl (C=O) groups is 1. The molecule has 4 heterocycles. The van der Waals surface area contributed by atoms with E-state index < -0.39 is 0 Å². The van der Waals surface area contributed by atoms with Crippen LogP contribution in [-0.4, -0.2) is 56.9 Å². The minimum absolute atomic E-state index is 0.0971. The summed E-state index contributed by atoms with van der Waals surface area (Å²) in [5, 5.41) is 3.17. The van der Waals surface area contributed by atoms with Gasteiger partial charge in [0.2, 0.25) is 5.95 Å². The SMILES string of the molecule is Cc1nc(NCc2ccco2)cc(C(=O)N2CCN(c3ncccn3)CC2)n1. The van der Waals surface area contributed by atoms with Crippen LogP contribution in [0.3, 0.4) is 0 Å². The number of anilines is 2. The maximum Gasteiger partial charge on any atom is 0.272 e. The summed E-state index contributed by atoms with van der Waals surface area (Å²) in [5.74, 6) is 2.54. The van der Waals surface area contributed by atoms with Gasteiger partial charge in [-0.05, 0) is 25.1 Å². The van der Waals surface area contributed by atoms with Crippen molar-refractivity contribution in [3.63, 3.8) is 0 Å². The summed E-state index contributed by atoms with van der Waals surface area (Å²) in [7, 11) is 0. The molecule has 0 unspecified atom stereocenters. The molecule has 1 aliphatic heterocycles. The number of aromatic nitrogens is 4. The predicted molar refractivity (Wildman–Crippen MR) is 103 cm³/mol. The Hall–Kier alpha value is -3.49. The highest BCUT2D eigenvalue weighted by Gasteiger charge is 2.24. The van der Waals surface area contributed by atoms with Crippen LogP contribution in [0.15, 0.2) is 47.3 Å². The lowest BCUT2D eigenvalue weighted by Crippen LogP contribution is -2.49. The Kier molecular flexibility index (Phi) is 5.14. The zero-order valence-corrected chi connectivity index (χ0v) is 15.6. The van der Waals surface area contributed by atoms with Crippen LogP contribution >= 0.6 is 0 Å². The summed E-state index contributed by atoms with van der Waals surface area (Å²) >= 11 is 0. The standard InChI is InChI=1S/C19H21N7O2/c1-14-23-16(12-17(24-14)22-13-15-4-2-11-28-15)18(27)25-7-9-26(10-8-25)19-20-5-3-6-21-19/h2-6,11-12H,7-10,13H2,1H3,(H,22,23,24). The van der Waals surface area contributed by atoms with E-state index in [1.807, 2.05) is 12.1 Å². The highest BCUT2D eigenvalue weighted by molar-refractivity contribution is 5.93. The largest absolute Gasteiger partial charge is 0.467 e. The molecular formula is C19H21N7O2. The van der Waals surface area contributed by atoms with Crippen LogP contribution in [0.2, 0.25) is 0 Å². The van der Waals surface area contributed by atoms with E-state index in [1.165, 1.54) is 0 Å². The zero-order valence-electron chi connectivity index (χ0n) is 15.6. The van der Waals surface area contributed by atoms with Crippen molar-refractivity contribution in [1.29, 1.82) is 0 Å². The van der Waals surface area contributed by atoms with Crippen LogP contribution in [-0.2, 0) is 6.54 Å². The molecule has 1 saturated heterocycles. The van der Waals surface area contributed by atoms with Crippen molar-refractivity contribution in [2.24, 2.45) is 0 Å². The molecule has 0 spiro atoms. The van der Waals surface area contributed by atoms with Gasteiger partial charge in [0.25, 0.3) is 5.91 Å². The van der Waals surface area contributed by atoms with Gasteiger partial charge in [0.15, 0.2) is 0 Å². The molecule has 1 aliphatic rings. The molecule has 1 fully saturated rings. The van der Waals surface area contributed by atoms with Crippen molar-refractivity contribution in [3.05, 3.63) is 60.2 Å². The molecular weight excluding hydrogens is 358 g/mol. The van der Waals surface area contributed by atoms with Crippen LogP contribution < -0.4 is 10.2 Å². The number of hydrogen-bond donors (Lipinski definition) is 1. The maximum absolute atomic E-state index is 12.9. The van der Waals surface area contributed by atoms with Crippen molar-refractivity contribution < 1.29 is 9.21 Å². The van der Waals surface area contributed by atoms with Crippen molar-refractivity contribution in [1.82, 2.24) is 24.8 Å². The van der Waals surface area contributed by atoms with Crippen molar-refractivity contribution >= 4 is 17.7 Å². The summed E-state index contributed by atoms with van der Waals surface area (Å²) in [4.78, 5) is 34.0. The van der Waals surface area contributed by atoms with Gasteiger partial charge in [-0.25, -0.2) is 19.9 Å². The molecule has 144 valence electrons. The first-order valence-corrected chi connectivity index (χ1v) is 9.12. The summed E-state index contributed by atoms with van der Waals surface area (Å²) in [6.45, 7) is 4.82. The topological polar surface area (TPSA) is 100 Å². The van der Waals surface area contributed by atoms with Crippen LogP contribution in [0.5, 0.6) is 0 Å². The second kappa shape index (κ2) is 8.03.